The predicted molar refractivity (Wildman–Crippen MR) is 40.7 cm³/mol. The van der Waals surface area contributed by atoms with Crippen molar-refractivity contribution < 1.29 is 14.3 Å². The molecule has 0 saturated heterocycles. The van der Waals surface area contributed by atoms with Crippen LogP contribution in [0.25, 0.3) is 0 Å². The van der Waals surface area contributed by atoms with E-state index < -0.39 is 12.4 Å². The molecule has 1 N–H and O–H groups in total. The summed E-state index contributed by atoms with van der Waals surface area (Å²) in [5.74, 6) is 0. The van der Waals surface area contributed by atoms with Gasteiger partial charge in [0.1, 0.15) is 0 Å². The number of rotatable bonds is 4. The van der Waals surface area contributed by atoms with Crippen LogP contribution in [-0.2, 0) is 9.47 Å². The molecule has 0 aromatic carbocycles. The van der Waals surface area contributed by atoms with Crippen LogP contribution in [0, 0.1) is 6.61 Å². The van der Waals surface area contributed by atoms with E-state index in [1.165, 1.54) is 6.61 Å². The summed E-state index contributed by atoms with van der Waals surface area (Å²) >= 11 is 0. The van der Waals surface area contributed by atoms with Crippen molar-refractivity contribution in [2.75, 3.05) is 6.54 Å². The van der Waals surface area contributed by atoms with E-state index in [1.807, 2.05) is 6.92 Å². The van der Waals surface area contributed by atoms with Crippen LogP contribution in [0.2, 0.25) is 0 Å². The number of alkyl carbamates (subject to hydrolysis) is 1. The second-order valence-electron chi connectivity index (χ2n) is 1.88. The zero-order valence-corrected chi connectivity index (χ0v) is 7.09. The lowest BCUT2D eigenvalue weighted by Crippen LogP contribution is -2.28. The average Bonchev–Trinajstić information content (AvgIpc) is 1.87. The van der Waals surface area contributed by atoms with E-state index in [1.54, 1.807) is 13.8 Å². The van der Waals surface area contributed by atoms with Gasteiger partial charge >= 0.3 is 6.09 Å². The van der Waals surface area contributed by atoms with Gasteiger partial charge in [-0.1, -0.05) is 0 Å². The quantitative estimate of drug-likeness (QED) is 0.630. The second-order valence-corrected chi connectivity index (χ2v) is 1.88. The lowest BCUT2D eigenvalue weighted by Gasteiger charge is -2.11. The van der Waals surface area contributed by atoms with Gasteiger partial charge in [-0.25, -0.2) is 4.79 Å². The van der Waals surface area contributed by atoms with Gasteiger partial charge in [-0.3, -0.25) is 0 Å². The van der Waals surface area contributed by atoms with E-state index >= 15 is 0 Å². The van der Waals surface area contributed by atoms with E-state index in [0.29, 0.717) is 6.54 Å². The Labute approximate surface area is 66.9 Å². The van der Waals surface area contributed by atoms with Crippen LogP contribution < -0.4 is 5.32 Å². The van der Waals surface area contributed by atoms with Crippen molar-refractivity contribution in [2.45, 2.75) is 27.1 Å². The zero-order valence-electron chi connectivity index (χ0n) is 7.09. The molecular formula is C7H14NO3. The minimum atomic E-state index is -0.522. The van der Waals surface area contributed by atoms with Crippen LogP contribution in [-0.4, -0.2) is 18.9 Å². The number of amides is 1. The number of hydrogen-bond acceptors (Lipinski definition) is 3. The third-order valence-corrected chi connectivity index (χ3v) is 0.922. The fourth-order valence-electron chi connectivity index (χ4n) is 0.556. The van der Waals surface area contributed by atoms with E-state index in [-0.39, 0.29) is 0 Å². The Morgan fingerprint density at radius 2 is 2.36 bits per heavy atom. The third kappa shape index (κ3) is 5.66. The normalized spacial score (nSPS) is 12.3. The van der Waals surface area contributed by atoms with Gasteiger partial charge in [-0.15, -0.1) is 0 Å². The maximum absolute atomic E-state index is 10.7. The van der Waals surface area contributed by atoms with Gasteiger partial charge in [0.25, 0.3) is 0 Å². The molecule has 0 aliphatic heterocycles. The number of carbonyl (C=O) groups excluding carboxylic acids is 1. The van der Waals surface area contributed by atoms with Crippen molar-refractivity contribution >= 4 is 6.09 Å². The zero-order chi connectivity index (χ0) is 8.69. The molecule has 0 rings (SSSR count). The molecule has 0 aromatic rings. The molecule has 11 heavy (non-hydrogen) atoms. The first kappa shape index (κ1) is 10.2. The average molecular weight is 160 g/mol. The summed E-state index contributed by atoms with van der Waals surface area (Å²) < 4.78 is 9.58. The Morgan fingerprint density at radius 3 is 2.82 bits per heavy atom. The van der Waals surface area contributed by atoms with Crippen molar-refractivity contribution in [1.29, 1.82) is 0 Å². The fraction of sp³-hybridized carbons (Fsp3) is 0.714. The summed E-state index contributed by atoms with van der Waals surface area (Å²) in [5, 5.41) is 2.48. The largest absolute Gasteiger partial charge is 0.420 e. The molecule has 65 valence electrons. The highest BCUT2D eigenvalue weighted by atomic mass is 16.7. The summed E-state index contributed by atoms with van der Waals surface area (Å²) in [4.78, 5) is 10.7. The molecule has 0 aliphatic rings. The molecule has 1 radical (unpaired) electrons. The maximum atomic E-state index is 10.7. The molecule has 1 atom stereocenters. The number of ether oxygens (including phenoxy) is 2. The van der Waals surface area contributed by atoms with Gasteiger partial charge in [0, 0.05) is 6.54 Å². The van der Waals surface area contributed by atoms with Crippen LogP contribution in [0.5, 0.6) is 0 Å². The van der Waals surface area contributed by atoms with Gasteiger partial charge < -0.3 is 14.8 Å². The molecule has 1 unspecified atom stereocenters. The van der Waals surface area contributed by atoms with Crippen molar-refractivity contribution in [2.24, 2.45) is 0 Å². The number of hydrogen-bond donors (Lipinski definition) is 1. The van der Waals surface area contributed by atoms with Crippen LogP contribution in [0.15, 0.2) is 0 Å². The summed E-state index contributed by atoms with van der Waals surface area (Å²) in [7, 11) is 0. The molecular weight excluding hydrogens is 146 g/mol. The third-order valence-electron chi connectivity index (χ3n) is 0.922. The van der Waals surface area contributed by atoms with E-state index in [4.69, 9.17) is 9.47 Å². The van der Waals surface area contributed by atoms with Crippen molar-refractivity contribution in [3.8, 4) is 0 Å². The highest BCUT2D eigenvalue weighted by molar-refractivity contribution is 5.67. The molecule has 0 fully saturated rings. The minimum Gasteiger partial charge on any atom is -0.420 e. The van der Waals surface area contributed by atoms with E-state index in [0.717, 1.165) is 0 Å². The maximum Gasteiger partial charge on any atom is 0.409 e. The Morgan fingerprint density at radius 1 is 1.73 bits per heavy atom. The molecule has 0 heterocycles. The monoisotopic (exact) mass is 160 g/mol. The lowest BCUT2D eigenvalue weighted by atomic mass is 10.7. The Hall–Kier alpha value is -0.770. The Kier molecular flexibility index (Phi) is 5.56. The molecule has 0 spiro atoms. The molecule has 4 heteroatoms. The van der Waals surface area contributed by atoms with Crippen LogP contribution >= 0.6 is 0 Å². The molecule has 1 amide bonds. The van der Waals surface area contributed by atoms with Gasteiger partial charge in [0.2, 0.25) is 6.29 Å². The van der Waals surface area contributed by atoms with E-state index in [9.17, 15) is 4.79 Å². The molecule has 0 bridgehead atoms. The summed E-state index contributed by atoms with van der Waals surface area (Å²) in [6.45, 7) is 7.22. The van der Waals surface area contributed by atoms with Crippen LogP contribution in [0.1, 0.15) is 20.8 Å². The number of nitrogens with one attached hydrogen (secondary N) is 1. The summed E-state index contributed by atoms with van der Waals surface area (Å²) in [6, 6.07) is 0. The first-order valence-corrected chi connectivity index (χ1v) is 3.58. The lowest BCUT2D eigenvalue weighted by molar-refractivity contribution is -0.0630. The molecule has 0 aromatic heterocycles. The van der Waals surface area contributed by atoms with Crippen molar-refractivity contribution in [1.82, 2.24) is 5.32 Å². The Bertz CT molecular complexity index is 116. The summed E-state index contributed by atoms with van der Waals surface area (Å²) in [6.07, 6.45) is -0.978. The fourth-order valence-corrected chi connectivity index (χ4v) is 0.556. The second kappa shape index (κ2) is 5.97. The van der Waals surface area contributed by atoms with E-state index in [2.05, 4.69) is 5.32 Å². The SMILES string of the molecule is C[CH]OC(C)OC(=O)NCC. The van der Waals surface area contributed by atoms with Gasteiger partial charge in [-0.2, -0.15) is 0 Å². The molecule has 0 aliphatic carbocycles. The topological polar surface area (TPSA) is 47.6 Å². The van der Waals surface area contributed by atoms with Crippen molar-refractivity contribution in [3.63, 3.8) is 0 Å². The molecule has 0 saturated carbocycles. The highest BCUT2D eigenvalue weighted by Gasteiger charge is 2.06. The van der Waals surface area contributed by atoms with Crippen LogP contribution in [0.3, 0.4) is 0 Å². The standard InChI is InChI=1S/C7H14NO3/c1-4-8-7(9)11-6(3)10-5-2/h5-6H,4H2,1-3H3,(H,8,9). The Balaban J connectivity index is 3.40. The van der Waals surface area contributed by atoms with Gasteiger partial charge in [-0.05, 0) is 20.8 Å². The van der Waals surface area contributed by atoms with Crippen LogP contribution in [0.4, 0.5) is 4.79 Å². The van der Waals surface area contributed by atoms with Gasteiger partial charge in [0.15, 0.2) is 0 Å². The predicted octanol–water partition coefficient (Wildman–Crippen LogP) is 1.28. The minimum absolute atomic E-state index is 0.457. The molecule has 4 nitrogen and oxygen atoms in total. The van der Waals surface area contributed by atoms with Gasteiger partial charge in [0.05, 0.1) is 6.61 Å². The first-order valence-electron chi connectivity index (χ1n) is 3.58. The smallest absolute Gasteiger partial charge is 0.409 e. The first-order chi connectivity index (χ1) is 5.20. The number of carbonyl (C=O) groups is 1. The highest BCUT2D eigenvalue weighted by Crippen LogP contribution is 1.94. The summed E-state index contributed by atoms with van der Waals surface area (Å²) in [5.41, 5.74) is 0. The van der Waals surface area contributed by atoms with Crippen molar-refractivity contribution in [3.05, 3.63) is 6.61 Å².